The fourth-order valence-electron chi connectivity index (χ4n) is 11.1. The van der Waals surface area contributed by atoms with Crippen LogP contribution in [-0.2, 0) is 5.41 Å². The summed E-state index contributed by atoms with van der Waals surface area (Å²) in [6, 6.07) is 84.6. The largest absolute Gasteiger partial charge is 0.292 e. The first-order valence-corrected chi connectivity index (χ1v) is 23.1. The number of hydrogen-bond donors (Lipinski definition) is 0. The summed E-state index contributed by atoms with van der Waals surface area (Å²) in [4.78, 5) is 20.9. The van der Waals surface area contributed by atoms with Crippen molar-refractivity contribution >= 4 is 21.8 Å². The average molecular weight is 866 g/mol. The third-order valence-corrected chi connectivity index (χ3v) is 14.1. The van der Waals surface area contributed by atoms with E-state index in [9.17, 15) is 0 Å². The predicted octanol–water partition coefficient (Wildman–Crippen LogP) is 15.0. The van der Waals surface area contributed by atoms with Gasteiger partial charge in [-0.1, -0.05) is 194 Å². The molecule has 0 N–H and O–H groups in total. The quantitative estimate of drug-likeness (QED) is 0.167. The highest BCUT2D eigenvalue weighted by Gasteiger charge is 2.51. The molecule has 2 aliphatic rings. The van der Waals surface area contributed by atoms with Crippen molar-refractivity contribution in [3.63, 3.8) is 0 Å². The summed E-state index contributed by atoms with van der Waals surface area (Å²) >= 11 is 0. The molecule has 0 atom stereocenters. The molecule has 0 saturated heterocycles. The van der Waals surface area contributed by atoms with Crippen molar-refractivity contribution in [3.8, 4) is 84.6 Å². The Kier molecular flexibility index (Phi) is 8.43. The first kappa shape index (κ1) is 38.2. The Morgan fingerprint density at radius 2 is 0.824 bits per heavy atom. The van der Waals surface area contributed by atoms with Crippen molar-refractivity contribution in [1.29, 1.82) is 0 Å². The maximum Gasteiger partial charge on any atom is 0.164 e. The number of imidazole rings is 1. The van der Waals surface area contributed by atoms with Crippen molar-refractivity contribution in [1.82, 2.24) is 24.5 Å². The Labute approximate surface area is 393 Å². The molecule has 0 aliphatic heterocycles. The van der Waals surface area contributed by atoms with Crippen molar-refractivity contribution in [2.75, 3.05) is 0 Å². The summed E-state index contributed by atoms with van der Waals surface area (Å²) in [6.07, 6.45) is 0. The second-order valence-electron chi connectivity index (χ2n) is 17.7. The van der Waals surface area contributed by atoms with Crippen LogP contribution in [0.4, 0.5) is 0 Å². The van der Waals surface area contributed by atoms with Gasteiger partial charge in [0.05, 0.1) is 16.4 Å². The van der Waals surface area contributed by atoms with Crippen LogP contribution in [0.1, 0.15) is 22.3 Å². The maximum absolute atomic E-state index is 5.31. The predicted molar refractivity (Wildman–Crippen MR) is 275 cm³/mol. The summed E-state index contributed by atoms with van der Waals surface area (Å²) in [6.45, 7) is 0. The molecular weight excluding hydrogens is 827 g/mol. The molecule has 0 saturated carbocycles. The lowest BCUT2D eigenvalue weighted by atomic mass is 9.70. The average Bonchev–Trinajstić information content (AvgIpc) is 4.05. The lowest BCUT2D eigenvalue weighted by molar-refractivity contribution is 0.794. The van der Waals surface area contributed by atoms with E-state index in [1.54, 1.807) is 0 Å². The molecule has 14 rings (SSSR count). The summed E-state index contributed by atoms with van der Waals surface area (Å²) in [5.41, 5.74) is 18.8. The fourth-order valence-corrected chi connectivity index (χ4v) is 11.1. The Hall–Kier alpha value is -9.06. The first-order valence-electron chi connectivity index (χ1n) is 23.1. The number of hydrogen-bond acceptors (Lipinski definition) is 4. The minimum atomic E-state index is -0.514. The number of fused-ring (bicyclic) bond motifs is 12. The van der Waals surface area contributed by atoms with Gasteiger partial charge in [-0.15, -0.1) is 0 Å². The third-order valence-electron chi connectivity index (χ3n) is 14.1. The van der Waals surface area contributed by atoms with Crippen LogP contribution in [0.25, 0.3) is 106 Å². The zero-order valence-corrected chi connectivity index (χ0v) is 36.8. The Morgan fingerprint density at radius 1 is 0.309 bits per heavy atom. The monoisotopic (exact) mass is 865 g/mol. The number of para-hydroxylation sites is 3. The molecule has 12 aromatic rings. The summed E-state index contributed by atoms with van der Waals surface area (Å²) in [5.74, 6) is 2.82. The van der Waals surface area contributed by atoms with Crippen molar-refractivity contribution in [3.05, 3.63) is 259 Å². The molecule has 5 heteroatoms. The van der Waals surface area contributed by atoms with E-state index in [0.29, 0.717) is 17.5 Å². The zero-order chi connectivity index (χ0) is 44.8. The van der Waals surface area contributed by atoms with E-state index in [0.717, 1.165) is 66.7 Å². The van der Waals surface area contributed by atoms with Gasteiger partial charge in [0.2, 0.25) is 0 Å². The Balaban J connectivity index is 0.981. The molecule has 0 fully saturated rings. The molecule has 5 nitrogen and oxygen atoms in total. The topological polar surface area (TPSA) is 56.5 Å². The molecule has 68 heavy (non-hydrogen) atoms. The van der Waals surface area contributed by atoms with Gasteiger partial charge < -0.3 is 0 Å². The van der Waals surface area contributed by atoms with Crippen LogP contribution in [-0.4, -0.2) is 24.5 Å². The Morgan fingerprint density at radius 3 is 1.60 bits per heavy atom. The van der Waals surface area contributed by atoms with Crippen molar-refractivity contribution in [2.45, 2.75) is 5.41 Å². The maximum atomic E-state index is 5.31. The van der Waals surface area contributed by atoms with Crippen LogP contribution >= 0.6 is 0 Å². The lowest BCUT2D eigenvalue weighted by Gasteiger charge is -2.30. The third kappa shape index (κ3) is 5.69. The van der Waals surface area contributed by atoms with E-state index in [-0.39, 0.29) is 0 Å². The van der Waals surface area contributed by atoms with Crippen molar-refractivity contribution in [2.24, 2.45) is 0 Å². The van der Waals surface area contributed by atoms with Crippen LogP contribution in [0.3, 0.4) is 0 Å². The molecule has 0 bridgehead atoms. The smallest absolute Gasteiger partial charge is 0.164 e. The van der Waals surface area contributed by atoms with Gasteiger partial charge in [-0.05, 0) is 109 Å². The number of rotatable bonds is 6. The van der Waals surface area contributed by atoms with E-state index >= 15 is 0 Å². The fraction of sp³-hybridized carbons (Fsp3) is 0.0159. The Bertz CT molecular complexity index is 3930. The molecule has 0 radical (unpaired) electrons. The zero-order valence-electron chi connectivity index (χ0n) is 36.8. The van der Waals surface area contributed by atoms with Gasteiger partial charge in [-0.25, -0.2) is 19.9 Å². The van der Waals surface area contributed by atoms with Crippen LogP contribution in [0.2, 0.25) is 0 Å². The first-order chi connectivity index (χ1) is 33.7. The molecule has 0 unspecified atom stereocenters. The lowest BCUT2D eigenvalue weighted by Crippen LogP contribution is -2.25. The molecule has 2 aromatic heterocycles. The molecule has 2 heterocycles. The normalized spacial score (nSPS) is 12.8. The number of aromatic nitrogens is 5. The molecule has 0 amide bonds. The second kappa shape index (κ2) is 15.0. The van der Waals surface area contributed by atoms with Crippen LogP contribution in [0.5, 0.6) is 0 Å². The van der Waals surface area contributed by atoms with Gasteiger partial charge in [-0.3, -0.25) is 4.57 Å². The van der Waals surface area contributed by atoms with Gasteiger partial charge in [0.1, 0.15) is 5.82 Å². The molecule has 316 valence electrons. The van der Waals surface area contributed by atoms with Gasteiger partial charge >= 0.3 is 0 Å². The molecule has 1 spiro atoms. The summed E-state index contributed by atoms with van der Waals surface area (Å²) < 4.78 is 2.27. The highest BCUT2D eigenvalue weighted by atomic mass is 15.1. The van der Waals surface area contributed by atoms with E-state index in [2.05, 4.69) is 223 Å². The standard InChI is InChI=1S/C63H39N5/c1-3-18-41(19-4-1)59-65-60(67-61(66-59)50-28-16-20-40-17-7-8-25-47(40)50)44-34-36-56-52(39-44)51-38-43(33-35-55(51)63(56)53-29-11-9-26-48(53)49-27-10-12-30-54(49)63)42-21-15-22-45(37-42)62-64-57-31-13-14-32-58(57)68(62)46-23-5-2-6-24-46/h1-39H. The number of nitrogens with zero attached hydrogens (tertiary/aromatic N) is 5. The van der Waals surface area contributed by atoms with E-state index < -0.39 is 5.41 Å². The van der Waals surface area contributed by atoms with Crippen LogP contribution in [0, 0.1) is 0 Å². The minimum absolute atomic E-state index is 0.514. The highest BCUT2D eigenvalue weighted by Crippen LogP contribution is 2.63. The second-order valence-corrected chi connectivity index (χ2v) is 17.7. The minimum Gasteiger partial charge on any atom is -0.292 e. The van der Waals surface area contributed by atoms with E-state index in [1.807, 2.05) is 18.2 Å². The molecule has 10 aromatic carbocycles. The van der Waals surface area contributed by atoms with Crippen LogP contribution in [0.15, 0.2) is 237 Å². The van der Waals surface area contributed by atoms with Gasteiger partial charge in [0.15, 0.2) is 17.5 Å². The van der Waals surface area contributed by atoms with Gasteiger partial charge in [0, 0.05) is 27.9 Å². The van der Waals surface area contributed by atoms with Crippen LogP contribution < -0.4 is 0 Å². The molecule has 2 aliphatic carbocycles. The van der Waals surface area contributed by atoms with E-state index in [1.165, 1.54) is 44.5 Å². The SMILES string of the molecule is c1ccc(-c2nc(-c3ccc4c(c3)-c3cc(-c5cccc(-c6nc7ccccc7n6-c6ccccc6)c5)ccc3C43c4ccccc4-c4ccccc43)nc(-c3cccc4ccccc34)n2)cc1. The number of benzene rings is 10. The summed E-state index contributed by atoms with van der Waals surface area (Å²) in [5, 5.41) is 2.24. The van der Waals surface area contributed by atoms with Gasteiger partial charge in [0.25, 0.3) is 0 Å². The summed E-state index contributed by atoms with van der Waals surface area (Å²) in [7, 11) is 0. The molecular formula is C63H39N5. The highest BCUT2D eigenvalue weighted by molar-refractivity contribution is 5.98. The van der Waals surface area contributed by atoms with Gasteiger partial charge in [-0.2, -0.15) is 0 Å². The van der Waals surface area contributed by atoms with E-state index in [4.69, 9.17) is 19.9 Å². The van der Waals surface area contributed by atoms with Crippen molar-refractivity contribution < 1.29 is 0 Å².